The van der Waals surface area contributed by atoms with E-state index < -0.39 is 30.9 Å². The van der Waals surface area contributed by atoms with Crippen LogP contribution in [0.4, 0.5) is 18.9 Å². The molecule has 0 bridgehead atoms. The average molecular weight is 448 g/mol. The lowest BCUT2D eigenvalue weighted by Gasteiger charge is -2.09. The van der Waals surface area contributed by atoms with Gasteiger partial charge in [-0.2, -0.15) is 13.2 Å². The third kappa shape index (κ3) is 3.72. The van der Waals surface area contributed by atoms with Crippen LogP contribution < -0.4 is 0 Å². The summed E-state index contributed by atoms with van der Waals surface area (Å²) in [4.78, 5) is 9.05. The van der Waals surface area contributed by atoms with Crippen LogP contribution in [-0.2, 0) is 16.9 Å². The van der Waals surface area contributed by atoms with Gasteiger partial charge in [0.05, 0.1) is 26.5 Å². The number of halogens is 3. The summed E-state index contributed by atoms with van der Waals surface area (Å²) in [5.74, 6) is 0.988. The molecule has 0 aliphatic carbocycles. The van der Waals surface area contributed by atoms with E-state index >= 15 is 0 Å². The van der Waals surface area contributed by atoms with E-state index in [1.807, 2.05) is 0 Å². The number of nitro benzene ring substituents is 1. The van der Waals surface area contributed by atoms with E-state index in [2.05, 4.69) is 10.2 Å². The number of alkyl halides is 3. The summed E-state index contributed by atoms with van der Waals surface area (Å²) in [5.41, 5.74) is -5.73. The highest BCUT2D eigenvalue weighted by Gasteiger charge is 2.47. The minimum Gasteiger partial charge on any atom is -0.469 e. The largest absolute Gasteiger partial charge is 0.501 e. The average Bonchev–Trinajstić information content (AvgIpc) is 3.20. The van der Waals surface area contributed by atoms with Gasteiger partial charge in [-0.1, -0.05) is 0 Å². The van der Waals surface area contributed by atoms with Gasteiger partial charge in [0.25, 0.3) is 15.5 Å². The van der Waals surface area contributed by atoms with Gasteiger partial charge in [-0.05, 0) is 36.9 Å². The molecule has 0 amide bonds. The fourth-order valence-electron chi connectivity index (χ4n) is 2.38. The number of nitro groups is 1. The number of aryl methyl sites for hydroxylation is 1. The molecule has 2 heterocycles. The molecule has 0 spiro atoms. The third-order valence-electron chi connectivity index (χ3n) is 3.88. The second-order valence-corrected chi connectivity index (χ2v) is 8.64. The molecule has 154 valence electrons. The molecule has 0 saturated heterocycles. The SMILES string of the molecule is Cc1occc1-c1nnc(Sc2ccc(S(=O)(=O)C(F)(F)F)cc2[N+](=O)[O-])n1C. The third-order valence-corrected chi connectivity index (χ3v) is 6.47. The van der Waals surface area contributed by atoms with E-state index in [9.17, 15) is 31.7 Å². The first kappa shape index (κ1) is 20.9. The van der Waals surface area contributed by atoms with Gasteiger partial charge in [-0.25, -0.2) is 8.42 Å². The quantitative estimate of drug-likeness (QED) is 0.428. The van der Waals surface area contributed by atoms with Gasteiger partial charge in [0.1, 0.15) is 5.76 Å². The second kappa shape index (κ2) is 7.18. The van der Waals surface area contributed by atoms with Crippen LogP contribution in [0.2, 0.25) is 0 Å². The molecule has 0 unspecified atom stereocenters. The van der Waals surface area contributed by atoms with Crippen LogP contribution in [-0.4, -0.2) is 33.6 Å². The van der Waals surface area contributed by atoms with Crippen molar-refractivity contribution in [3.8, 4) is 11.4 Å². The van der Waals surface area contributed by atoms with Crippen LogP contribution in [0.25, 0.3) is 11.4 Å². The van der Waals surface area contributed by atoms with Crippen molar-refractivity contribution < 1.29 is 30.9 Å². The van der Waals surface area contributed by atoms with Crippen LogP contribution in [0.5, 0.6) is 0 Å². The van der Waals surface area contributed by atoms with Crippen molar-refractivity contribution in [3.63, 3.8) is 0 Å². The van der Waals surface area contributed by atoms with Gasteiger partial charge in [0, 0.05) is 13.1 Å². The highest BCUT2D eigenvalue weighted by atomic mass is 32.2. The predicted octanol–water partition coefficient (Wildman–Crippen LogP) is 3.74. The number of nitrogens with zero attached hydrogens (tertiary/aromatic N) is 4. The maximum Gasteiger partial charge on any atom is 0.501 e. The Labute approximate surface area is 165 Å². The molecule has 0 aliphatic heterocycles. The predicted molar refractivity (Wildman–Crippen MR) is 93.9 cm³/mol. The van der Waals surface area contributed by atoms with Gasteiger partial charge in [0.2, 0.25) is 0 Å². The molecule has 0 aliphatic rings. The molecule has 0 radical (unpaired) electrons. The Bertz CT molecular complexity index is 1200. The van der Waals surface area contributed by atoms with Crippen LogP contribution in [0.1, 0.15) is 5.76 Å². The van der Waals surface area contributed by atoms with Crippen molar-refractivity contribution in [2.75, 3.05) is 0 Å². The van der Waals surface area contributed by atoms with Crippen LogP contribution in [0, 0.1) is 17.0 Å². The number of aromatic nitrogens is 3. The summed E-state index contributed by atoms with van der Waals surface area (Å²) in [5, 5.41) is 19.5. The van der Waals surface area contributed by atoms with Crippen molar-refractivity contribution in [1.82, 2.24) is 14.8 Å². The maximum absolute atomic E-state index is 12.7. The summed E-state index contributed by atoms with van der Waals surface area (Å²) < 4.78 is 68.0. The summed E-state index contributed by atoms with van der Waals surface area (Å²) in [6, 6.07) is 3.63. The van der Waals surface area contributed by atoms with Gasteiger partial charge < -0.3 is 8.98 Å². The molecule has 2 aromatic heterocycles. The molecule has 29 heavy (non-hydrogen) atoms. The fourth-order valence-corrected chi connectivity index (χ4v) is 4.04. The topological polar surface area (TPSA) is 121 Å². The Balaban J connectivity index is 2.02. The zero-order valence-corrected chi connectivity index (χ0v) is 16.3. The lowest BCUT2D eigenvalue weighted by Crippen LogP contribution is -2.23. The number of furan rings is 1. The van der Waals surface area contributed by atoms with E-state index in [1.165, 1.54) is 10.8 Å². The Morgan fingerprint density at radius 1 is 1.24 bits per heavy atom. The number of hydrogen-bond donors (Lipinski definition) is 0. The number of benzene rings is 1. The monoisotopic (exact) mass is 448 g/mol. The minimum atomic E-state index is -5.72. The van der Waals surface area contributed by atoms with E-state index in [4.69, 9.17) is 4.42 Å². The molecule has 0 saturated carbocycles. The van der Waals surface area contributed by atoms with Crippen molar-refractivity contribution in [3.05, 3.63) is 46.4 Å². The molecule has 3 aromatic rings. The maximum atomic E-state index is 12.7. The highest BCUT2D eigenvalue weighted by Crippen LogP contribution is 2.39. The number of hydrogen-bond acceptors (Lipinski definition) is 8. The smallest absolute Gasteiger partial charge is 0.469 e. The molecule has 1 aromatic carbocycles. The first-order valence-electron chi connectivity index (χ1n) is 7.65. The van der Waals surface area contributed by atoms with Crippen LogP contribution >= 0.6 is 11.8 Å². The molecule has 9 nitrogen and oxygen atoms in total. The Morgan fingerprint density at radius 3 is 2.48 bits per heavy atom. The molecular weight excluding hydrogens is 437 g/mol. The van der Waals surface area contributed by atoms with Gasteiger partial charge in [-0.3, -0.25) is 10.1 Å². The van der Waals surface area contributed by atoms with Gasteiger partial charge in [0.15, 0.2) is 11.0 Å². The van der Waals surface area contributed by atoms with E-state index in [1.54, 1.807) is 20.0 Å². The minimum absolute atomic E-state index is 0.0953. The van der Waals surface area contributed by atoms with Gasteiger partial charge >= 0.3 is 5.51 Å². The number of rotatable bonds is 5. The fraction of sp³-hybridized carbons (Fsp3) is 0.200. The lowest BCUT2D eigenvalue weighted by atomic mass is 10.2. The standard InChI is InChI=1S/C15H11F3N4O5S2/c1-8-10(5-6-27-8)13-19-20-14(21(13)2)28-12-4-3-9(7-11(12)22(23)24)29(25,26)15(16,17)18/h3-7H,1-2H3. The van der Waals surface area contributed by atoms with Crippen molar-refractivity contribution in [2.24, 2.45) is 7.05 Å². The zero-order chi connectivity index (χ0) is 21.6. The molecule has 14 heteroatoms. The molecular formula is C15H11F3N4O5S2. The highest BCUT2D eigenvalue weighted by molar-refractivity contribution is 7.99. The van der Waals surface area contributed by atoms with Crippen molar-refractivity contribution >= 4 is 27.3 Å². The Kier molecular flexibility index (Phi) is 5.17. The molecule has 0 N–H and O–H groups in total. The van der Waals surface area contributed by atoms with Crippen LogP contribution in [0.15, 0.2) is 49.9 Å². The molecule has 3 rings (SSSR count). The van der Waals surface area contributed by atoms with Crippen molar-refractivity contribution in [1.29, 1.82) is 0 Å². The summed E-state index contributed by atoms with van der Waals surface area (Å²) in [7, 11) is -4.12. The zero-order valence-electron chi connectivity index (χ0n) is 14.7. The normalized spacial score (nSPS) is 12.3. The summed E-state index contributed by atoms with van der Waals surface area (Å²) in [6.07, 6.45) is 1.46. The molecule has 0 fully saturated rings. The van der Waals surface area contributed by atoms with Crippen LogP contribution in [0.3, 0.4) is 0 Å². The van der Waals surface area contributed by atoms with Gasteiger partial charge in [-0.15, -0.1) is 10.2 Å². The van der Waals surface area contributed by atoms with Crippen molar-refractivity contribution in [2.45, 2.75) is 27.4 Å². The Morgan fingerprint density at radius 2 is 1.93 bits per heavy atom. The first-order chi connectivity index (χ1) is 13.4. The summed E-state index contributed by atoms with van der Waals surface area (Å²) in [6.45, 7) is 1.71. The van der Waals surface area contributed by atoms with E-state index in [0.29, 0.717) is 29.3 Å². The summed E-state index contributed by atoms with van der Waals surface area (Å²) >= 11 is 0.761. The lowest BCUT2D eigenvalue weighted by molar-refractivity contribution is -0.388. The number of sulfone groups is 1. The first-order valence-corrected chi connectivity index (χ1v) is 9.95. The van der Waals surface area contributed by atoms with E-state index in [-0.39, 0.29) is 10.1 Å². The van der Waals surface area contributed by atoms with E-state index in [0.717, 1.165) is 17.8 Å². The second-order valence-electron chi connectivity index (χ2n) is 5.69. The molecule has 0 atom stereocenters. The Hall–Kier alpha value is -2.87.